The molecule has 4 aliphatic rings. The van der Waals surface area contributed by atoms with Crippen LogP contribution in [0.4, 0.5) is 5.69 Å². The summed E-state index contributed by atoms with van der Waals surface area (Å²) < 4.78 is 0. The van der Waals surface area contributed by atoms with Gasteiger partial charge < -0.3 is 15.2 Å². The van der Waals surface area contributed by atoms with E-state index in [0.717, 1.165) is 17.7 Å². The molecule has 0 saturated heterocycles. The topological polar surface area (TPSA) is 69.2 Å². The van der Waals surface area contributed by atoms with Crippen LogP contribution in [0.3, 0.4) is 0 Å². The highest BCUT2D eigenvalue weighted by Crippen LogP contribution is 2.63. The highest BCUT2D eigenvalue weighted by Gasteiger charge is 2.61. The van der Waals surface area contributed by atoms with Crippen LogP contribution < -0.4 is 10.4 Å². The highest BCUT2D eigenvalue weighted by atomic mass is 16.4. The second-order valence-electron chi connectivity index (χ2n) is 6.78. The Morgan fingerprint density at radius 2 is 1.73 bits per heavy atom. The highest BCUT2D eigenvalue weighted by molar-refractivity contribution is 5.96. The molecule has 1 aromatic rings. The van der Waals surface area contributed by atoms with Crippen molar-refractivity contribution in [3.05, 3.63) is 42.0 Å². The number of aliphatic carboxylic acids is 1. The van der Waals surface area contributed by atoms with Crippen molar-refractivity contribution < 1.29 is 14.7 Å². The summed E-state index contributed by atoms with van der Waals surface area (Å²) in [5, 5.41) is 14.5. The number of carboxylic acid groups (broad SMARTS) is 1. The quantitative estimate of drug-likeness (QED) is 0.856. The van der Waals surface area contributed by atoms with Crippen molar-refractivity contribution in [2.24, 2.45) is 35.5 Å². The molecule has 0 radical (unpaired) electrons. The number of allylic oxidation sites excluding steroid dienone is 2. The molecule has 2 saturated carbocycles. The Labute approximate surface area is 129 Å². The number of fused-ring (bicyclic) bond motifs is 1. The minimum absolute atomic E-state index is 0.0346. The van der Waals surface area contributed by atoms with E-state index in [9.17, 15) is 14.7 Å². The molecule has 0 spiro atoms. The number of aryl methyl sites for hydroxylation is 1. The predicted octanol–water partition coefficient (Wildman–Crippen LogP) is 1.37. The Balaban J connectivity index is 1.63. The Morgan fingerprint density at radius 3 is 2.36 bits per heavy atom. The number of amides is 1. The number of para-hydroxylation sites is 1. The molecule has 4 aliphatic carbocycles. The standard InChI is InChI=1S/C18H19NO3/c1-9-4-2-3-5-14(9)19-17(20)15-10-6-7-11(13-8-12(10)13)16(15)18(21)22/h2-7,10-13,15-16H,8H2,1H3,(H,19,20)(H,21,22)/p-1. The van der Waals surface area contributed by atoms with E-state index in [4.69, 9.17) is 0 Å². The van der Waals surface area contributed by atoms with Crippen LogP contribution in [0, 0.1) is 42.4 Å². The number of carboxylic acids is 1. The number of hydrogen-bond donors (Lipinski definition) is 1. The monoisotopic (exact) mass is 296 g/mol. The third-order valence-corrected chi connectivity index (χ3v) is 5.63. The molecule has 0 aromatic heterocycles. The Bertz CT molecular complexity index is 681. The van der Waals surface area contributed by atoms with Crippen molar-refractivity contribution in [2.45, 2.75) is 13.3 Å². The lowest BCUT2D eigenvalue weighted by Crippen LogP contribution is -2.52. The van der Waals surface area contributed by atoms with Crippen molar-refractivity contribution in [2.75, 3.05) is 5.32 Å². The molecule has 6 atom stereocenters. The number of carbonyl (C=O) groups is 2. The third kappa shape index (κ3) is 1.90. The zero-order valence-corrected chi connectivity index (χ0v) is 12.4. The van der Waals surface area contributed by atoms with E-state index < -0.39 is 17.8 Å². The van der Waals surface area contributed by atoms with Gasteiger partial charge in [0, 0.05) is 17.6 Å². The summed E-state index contributed by atoms with van der Waals surface area (Å²) >= 11 is 0. The number of carbonyl (C=O) groups excluding carboxylic acids is 2. The maximum Gasteiger partial charge on any atom is 0.228 e. The van der Waals surface area contributed by atoms with Gasteiger partial charge in [-0.3, -0.25) is 4.79 Å². The maximum absolute atomic E-state index is 12.8. The predicted molar refractivity (Wildman–Crippen MR) is 79.5 cm³/mol. The Hall–Kier alpha value is -2.10. The van der Waals surface area contributed by atoms with E-state index in [1.54, 1.807) is 0 Å². The van der Waals surface area contributed by atoms with E-state index in [0.29, 0.717) is 11.8 Å². The van der Waals surface area contributed by atoms with Crippen molar-refractivity contribution in [1.82, 2.24) is 0 Å². The second-order valence-corrected chi connectivity index (χ2v) is 6.78. The van der Waals surface area contributed by atoms with Gasteiger partial charge in [0.2, 0.25) is 5.91 Å². The molecule has 5 rings (SSSR count). The minimum Gasteiger partial charge on any atom is -0.550 e. The van der Waals surface area contributed by atoms with Crippen molar-refractivity contribution >= 4 is 17.6 Å². The van der Waals surface area contributed by atoms with E-state index in [2.05, 4.69) is 11.4 Å². The van der Waals surface area contributed by atoms with Crippen molar-refractivity contribution in [3.8, 4) is 0 Å². The lowest BCUT2D eigenvalue weighted by molar-refractivity contribution is -0.316. The normalized spacial score (nSPS) is 37.5. The Kier molecular flexibility index (Phi) is 2.90. The van der Waals surface area contributed by atoms with Crippen LogP contribution in [0.1, 0.15) is 12.0 Å². The van der Waals surface area contributed by atoms with Gasteiger partial charge in [-0.15, -0.1) is 0 Å². The second kappa shape index (κ2) is 4.70. The molecule has 4 nitrogen and oxygen atoms in total. The van der Waals surface area contributed by atoms with Crippen LogP contribution in [-0.4, -0.2) is 11.9 Å². The van der Waals surface area contributed by atoms with E-state index >= 15 is 0 Å². The lowest BCUT2D eigenvalue weighted by Gasteiger charge is -2.44. The van der Waals surface area contributed by atoms with Gasteiger partial charge in [0.05, 0.1) is 5.92 Å². The van der Waals surface area contributed by atoms with Crippen LogP contribution in [0.15, 0.2) is 36.4 Å². The first-order valence-corrected chi connectivity index (χ1v) is 7.83. The fourth-order valence-electron chi connectivity index (χ4n) is 4.48. The molecule has 0 aliphatic heterocycles. The molecular formula is C18H18NO3-. The van der Waals surface area contributed by atoms with Crippen molar-refractivity contribution in [1.29, 1.82) is 0 Å². The number of benzene rings is 1. The molecule has 114 valence electrons. The average Bonchev–Trinajstić information content (AvgIpc) is 3.30. The molecule has 4 heteroatoms. The number of anilines is 1. The summed E-state index contributed by atoms with van der Waals surface area (Å²) in [5.74, 6) is -1.54. The molecule has 22 heavy (non-hydrogen) atoms. The van der Waals surface area contributed by atoms with Gasteiger partial charge in [-0.1, -0.05) is 30.4 Å². The summed E-state index contributed by atoms with van der Waals surface area (Å²) in [6.07, 6.45) is 5.09. The smallest absolute Gasteiger partial charge is 0.228 e. The van der Waals surface area contributed by atoms with Gasteiger partial charge in [-0.2, -0.15) is 0 Å². The van der Waals surface area contributed by atoms with Gasteiger partial charge in [0.25, 0.3) is 0 Å². The van der Waals surface area contributed by atoms with Crippen molar-refractivity contribution in [3.63, 3.8) is 0 Å². The van der Waals surface area contributed by atoms with E-state index in [1.165, 1.54) is 0 Å². The minimum atomic E-state index is -1.09. The Morgan fingerprint density at radius 1 is 1.09 bits per heavy atom. The first-order valence-electron chi connectivity index (χ1n) is 7.83. The summed E-state index contributed by atoms with van der Waals surface area (Å²) in [6, 6.07) is 7.55. The third-order valence-electron chi connectivity index (χ3n) is 5.63. The number of hydrogen-bond acceptors (Lipinski definition) is 3. The van der Waals surface area contributed by atoms with Gasteiger partial charge in [-0.05, 0) is 48.6 Å². The van der Waals surface area contributed by atoms with Gasteiger partial charge in [0.15, 0.2) is 0 Å². The van der Waals surface area contributed by atoms with Gasteiger partial charge >= 0.3 is 0 Å². The average molecular weight is 296 g/mol. The summed E-state index contributed by atoms with van der Waals surface area (Å²) in [5.41, 5.74) is 1.73. The molecular weight excluding hydrogens is 278 g/mol. The van der Waals surface area contributed by atoms with E-state index in [1.807, 2.05) is 37.3 Å². The van der Waals surface area contributed by atoms with Crippen LogP contribution >= 0.6 is 0 Å². The zero-order chi connectivity index (χ0) is 15.4. The number of rotatable bonds is 3. The number of nitrogens with one attached hydrogen (secondary N) is 1. The molecule has 1 amide bonds. The molecule has 1 aromatic carbocycles. The lowest BCUT2D eigenvalue weighted by atomic mass is 9.62. The fourth-order valence-corrected chi connectivity index (χ4v) is 4.48. The largest absolute Gasteiger partial charge is 0.550 e. The summed E-state index contributed by atoms with van der Waals surface area (Å²) in [7, 11) is 0. The maximum atomic E-state index is 12.8. The molecule has 6 unspecified atom stereocenters. The molecule has 2 bridgehead atoms. The molecule has 1 N–H and O–H groups in total. The molecule has 0 heterocycles. The van der Waals surface area contributed by atoms with Gasteiger partial charge in [0.1, 0.15) is 0 Å². The first-order chi connectivity index (χ1) is 10.6. The fraction of sp³-hybridized carbons (Fsp3) is 0.444. The summed E-state index contributed by atoms with van der Waals surface area (Å²) in [4.78, 5) is 24.4. The van der Waals surface area contributed by atoms with E-state index in [-0.39, 0.29) is 17.7 Å². The summed E-state index contributed by atoms with van der Waals surface area (Å²) in [6.45, 7) is 1.93. The van der Waals surface area contributed by atoms with Crippen LogP contribution in [0.5, 0.6) is 0 Å². The van der Waals surface area contributed by atoms with Crippen LogP contribution in [0.2, 0.25) is 0 Å². The first kappa shape index (κ1) is 13.6. The van der Waals surface area contributed by atoms with Crippen LogP contribution in [0.25, 0.3) is 0 Å². The van der Waals surface area contributed by atoms with Crippen LogP contribution in [-0.2, 0) is 9.59 Å². The molecule has 2 fully saturated rings. The SMILES string of the molecule is Cc1ccccc1NC(=O)C1C2C=CC(C3CC23)C1C(=O)[O-]. The van der Waals surface area contributed by atoms with Gasteiger partial charge in [-0.25, -0.2) is 0 Å². The zero-order valence-electron chi connectivity index (χ0n) is 12.4.